The molecule has 0 saturated carbocycles. The van der Waals surface area contributed by atoms with Gasteiger partial charge in [-0.15, -0.1) is 0 Å². The Bertz CT molecular complexity index is 1190. The van der Waals surface area contributed by atoms with Crippen molar-refractivity contribution in [1.82, 2.24) is 4.98 Å². The highest BCUT2D eigenvalue weighted by molar-refractivity contribution is 6.32. The molecule has 1 N–H and O–H groups in total. The number of hydrogen-bond acceptors (Lipinski definition) is 2. The third-order valence-electron chi connectivity index (χ3n) is 4.76. The number of nitrogens with zero attached hydrogens (tertiary/aromatic N) is 1. The van der Waals surface area contributed by atoms with E-state index < -0.39 is 0 Å². The fourth-order valence-electron chi connectivity index (χ4n) is 3.27. The maximum absolute atomic E-state index is 13.1. The minimum Gasteiger partial charge on any atom is -0.322 e. The van der Waals surface area contributed by atoms with E-state index in [1.165, 1.54) is 0 Å². The van der Waals surface area contributed by atoms with Crippen molar-refractivity contribution >= 4 is 34.1 Å². The number of aryl methyl sites for hydroxylation is 2. The molecule has 0 aliphatic carbocycles. The highest BCUT2D eigenvalue weighted by Crippen LogP contribution is 2.30. The van der Waals surface area contributed by atoms with E-state index in [0.717, 1.165) is 39.0 Å². The Hall–Kier alpha value is -3.17. The predicted molar refractivity (Wildman–Crippen MR) is 116 cm³/mol. The van der Waals surface area contributed by atoms with Crippen LogP contribution in [0, 0.1) is 13.8 Å². The minimum absolute atomic E-state index is 0.170. The lowest BCUT2D eigenvalue weighted by atomic mass is 10.0. The van der Waals surface area contributed by atoms with Gasteiger partial charge < -0.3 is 5.32 Å². The van der Waals surface area contributed by atoms with E-state index in [1.807, 2.05) is 86.6 Å². The molecular formula is C24H19ClN2O. The second-order valence-electron chi connectivity index (χ2n) is 6.81. The van der Waals surface area contributed by atoms with Crippen LogP contribution in [0.3, 0.4) is 0 Å². The van der Waals surface area contributed by atoms with E-state index in [-0.39, 0.29) is 5.91 Å². The summed E-state index contributed by atoms with van der Waals surface area (Å²) in [6.07, 6.45) is 0. The first kappa shape index (κ1) is 18.2. The van der Waals surface area contributed by atoms with Crippen molar-refractivity contribution in [3.05, 3.63) is 94.5 Å². The Morgan fingerprint density at radius 3 is 2.46 bits per heavy atom. The third-order valence-corrected chi connectivity index (χ3v) is 5.17. The first-order chi connectivity index (χ1) is 13.5. The molecule has 3 nitrogen and oxygen atoms in total. The lowest BCUT2D eigenvalue weighted by Crippen LogP contribution is -2.13. The van der Waals surface area contributed by atoms with Gasteiger partial charge in [0.2, 0.25) is 0 Å². The molecule has 0 atom stereocenters. The minimum atomic E-state index is -0.170. The molecule has 0 bridgehead atoms. The molecule has 0 fully saturated rings. The molecule has 1 amide bonds. The lowest BCUT2D eigenvalue weighted by molar-refractivity contribution is 0.102. The average molecular weight is 387 g/mol. The van der Waals surface area contributed by atoms with E-state index in [4.69, 9.17) is 16.6 Å². The number of fused-ring (bicyclic) bond motifs is 1. The van der Waals surface area contributed by atoms with Gasteiger partial charge in [0.15, 0.2) is 0 Å². The highest BCUT2D eigenvalue weighted by Gasteiger charge is 2.16. The molecule has 138 valence electrons. The molecule has 0 saturated heterocycles. The third kappa shape index (κ3) is 3.49. The molecule has 0 aliphatic heterocycles. The van der Waals surface area contributed by atoms with Crippen molar-refractivity contribution in [2.45, 2.75) is 13.8 Å². The van der Waals surface area contributed by atoms with Gasteiger partial charge in [-0.05, 0) is 49.2 Å². The monoisotopic (exact) mass is 386 g/mol. The quantitative estimate of drug-likeness (QED) is 0.441. The lowest BCUT2D eigenvalue weighted by Gasteiger charge is -2.13. The average Bonchev–Trinajstić information content (AvgIpc) is 2.71. The maximum atomic E-state index is 13.1. The van der Waals surface area contributed by atoms with Crippen LogP contribution in [-0.2, 0) is 0 Å². The zero-order valence-corrected chi connectivity index (χ0v) is 16.4. The van der Waals surface area contributed by atoms with Crippen LogP contribution in [0.25, 0.3) is 22.2 Å². The zero-order valence-electron chi connectivity index (χ0n) is 15.7. The molecule has 0 unspecified atom stereocenters. The first-order valence-electron chi connectivity index (χ1n) is 9.06. The summed E-state index contributed by atoms with van der Waals surface area (Å²) in [6, 6.07) is 23.1. The number of anilines is 1. The first-order valence-corrected chi connectivity index (χ1v) is 9.44. The van der Waals surface area contributed by atoms with E-state index in [9.17, 15) is 4.79 Å². The number of benzene rings is 3. The number of aromatic nitrogens is 1. The van der Waals surface area contributed by atoms with Crippen molar-refractivity contribution in [3.63, 3.8) is 0 Å². The molecule has 3 aromatic carbocycles. The van der Waals surface area contributed by atoms with Gasteiger partial charge in [0, 0.05) is 21.7 Å². The Morgan fingerprint density at radius 2 is 1.71 bits per heavy atom. The van der Waals surface area contributed by atoms with Crippen LogP contribution in [0.1, 0.15) is 21.5 Å². The van der Waals surface area contributed by atoms with E-state index in [0.29, 0.717) is 10.6 Å². The molecular weight excluding hydrogens is 368 g/mol. The molecule has 1 aromatic heterocycles. The predicted octanol–water partition coefficient (Wildman–Crippen LogP) is 6.42. The van der Waals surface area contributed by atoms with Crippen LogP contribution in [0.2, 0.25) is 5.02 Å². The van der Waals surface area contributed by atoms with Gasteiger partial charge in [0.1, 0.15) is 0 Å². The van der Waals surface area contributed by atoms with Gasteiger partial charge in [0.25, 0.3) is 5.91 Å². The standard InChI is InChI=1S/C24H19ClN2O/c1-15-7-6-10-18(13-15)26-24(28)20-14-22(17-8-4-3-5-9-17)27-23-16(2)21(25)12-11-19(20)23/h3-14H,1-2H3,(H,26,28). The number of halogens is 1. The van der Waals surface area contributed by atoms with Gasteiger partial charge in [0.05, 0.1) is 16.8 Å². The fraction of sp³-hybridized carbons (Fsp3) is 0.0833. The maximum Gasteiger partial charge on any atom is 0.256 e. The molecule has 0 spiro atoms. The second-order valence-corrected chi connectivity index (χ2v) is 7.22. The molecule has 0 aliphatic rings. The number of amides is 1. The summed E-state index contributed by atoms with van der Waals surface area (Å²) in [4.78, 5) is 18.0. The van der Waals surface area contributed by atoms with Crippen LogP contribution in [-0.4, -0.2) is 10.9 Å². The number of carbonyl (C=O) groups is 1. The number of rotatable bonds is 3. The normalized spacial score (nSPS) is 10.8. The molecule has 28 heavy (non-hydrogen) atoms. The van der Waals surface area contributed by atoms with Gasteiger partial charge in [-0.2, -0.15) is 0 Å². The summed E-state index contributed by atoms with van der Waals surface area (Å²) >= 11 is 6.32. The van der Waals surface area contributed by atoms with Gasteiger partial charge in [-0.3, -0.25) is 4.79 Å². The van der Waals surface area contributed by atoms with Crippen LogP contribution in [0.15, 0.2) is 72.8 Å². The number of pyridine rings is 1. The van der Waals surface area contributed by atoms with Gasteiger partial charge in [-0.1, -0.05) is 60.1 Å². The molecule has 4 rings (SSSR count). The summed E-state index contributed by atoms with van der Waals surface area (Å²) in [6.45, 7) is 3.92. The second kappa shape index (κ2) is 7.45. The number of nitrogens with one attached hydrogen (secondary N) is 1. The molecule has 1 heterocycles. The number of hydrogen-bond donors (Lipinski definition) is 1. The van der Waals surface area contributed by atoms with Gasteiger partial charge in [-0.25, -0.2) is 4.98 Å². The molecule has 4 aromatic rings. The zero-order chi connectivity index (χ0) is 19.7. The van der Waals surface area contributed by atoms with Crippen LogP contribution >= 0.6 is 11.6 Å². The van der Waals surface area contributed by atoms with E-state index in [1.54, 1.807) is 0 Å². The van der Waals surface area contributed by atoms with Crippen LogP contribution in [0.4, 0.5) is 5.69 Å². The van der Waals surface area contributed by atoms with Crippen molar-refractivity contribution in [2.24, 2.45) is 0 Å². The summed E-state index contributed by atoms with van der Waals surface area (Å²) in [7, 11) is 0. The van der Waals surface area contributed by atoms with Gasteiger partial charge >= 0.3 is 0 Å². The Morgan fingerprint density at radius 1 is 0.929 bits per heavy atom. The van der Waals surface area contributed by atoms with Crippen LogP contribution < -0.4 is 5.32 Å². The number of carbonyl (C=O) groups excluding carboxylic acids is 1. The summed E-state index contributed by atoms with van der Waals surface area (Å²) in [5.74, 6) is -0.170. The molecule has 0 radical (unpaired) electrons. The highest BCUT2D eigenvalue weighted by atomic mass is 35.5. The molecule has 4 heteroatoms. The smallest absolute Gasteiger partial charge is 0.256 e. The SMILES string of the molecule is Cc1cccc(NC(=O)c2cc(-c3ccccc3)nc3c(C)c(Cl)ccc23)c1. The summed E-state index contributed by atoms with van der Waals surface area (Å²) < 4.78 is 0. The van der Waals surface area contributed by atoms with Crippen molar-refractivity contribution in [2.75, 3.05) is 5.32 Å². The largest absolute Gasteiger partial charge is 0.322 e. The van der Waals surface area contributed by atoms with Crippen LogP contribution in [0.5, 0.6) is 0 Å². The summed E-state index contributed by atoms with van der Waals surface area (Å²) in [5.41, 5.74) is 5.73. The van der Waals surface area contributed by atoms with E-state index >= 15 is 0 Å². The summed E-state index contributed by atoms with van der Waals surface area (Å²) in [5, 5.41) is 4.42. The van der Waals surface area contributed by atoms with Crippen molar-refractivity contribution in [3.8, 4) is 11.3 Å². The Labute approximate surface area is 169 Å². The topological polar surface area (TPSA) is 42.0 Å². The van der Waals surface area contributed by atoms with E-state index in [2.05, 4.69) is 5.32 Å². The Kier molecular flexibility index (Phi) is 4.84. The van der Waals surface area contributed by atoms with Crippen molar-refractivity contribution < 1.29 is 4.79 Å². The Balaban J connectivity index is 1.88. The fourth-order valence-corrected chi connectivity index (χ4v) is 3.42. The van der Waals surface area contributed by atoms with Crippen molar-refractivity contribution in [1.29, 1.82) is 0 Å².